The maximum atomic E-state index is 5.99. The van der Waals surface area contributed by atoms with Crippen LogP contribution in [-0.4, -0.2) is 40.6 Å². The average Bonchev–Trinajstić information content (AvgIpc) is 2.36. The molecule has 5 heteroatoms. The number of alkyl halides is 1. The SMILES string of the molecule is Cc1cc(N2CC(CCl)OC(C)(C)C2)nc(C(C)C)n1. The van der Waals surface area contributed by atoms with E-state index in [4.69, 9.17) is 21.3 Å². The van der Waals surface area contributed by atoms with Crippen molar-refractivity contribution in [1.29, 1.82) is 0 Å². The first-order valence-electron chi connectivity index (χ1n) is 7.15. The molecule has 0 aromatic carbocycles. The zero-order valence-corrected chi connectivity index (χ0v) is 13.7. The van der Waals surface area contributed by atoms with Crippen LogP contribution in [0.4, 0.5) is 5.82 Å². The van der Waals surface area contributed by atoms with Gasteiger partial charge in [0.2, 0.25) is 0 Å². The number of rotatable bonds is 3. The fourth-order valence-corrected chi connectivity index (χ4v) is 2.71. The van der Waals surface area contributed by atoms with Crippen LogP contribution >= 0.6 is 11.6 Å². The van der Waals surface area contributed by atoms with Crippen LogP contribution < -0.4 is 4.90 Å². The van der Waals surface area contributed by atoms with E-state index in [1.165, 1.54) is 0 Å². The number of morpholine rings is 1. The summed E-state index contributed by atoms with van der Waals surface area (Å²) in [5, 5.41) is 0. The number of ether oxygens (including phenoxy) is 1. The van der Waals surface area contributed by atoms with E-state index in [0.717, 1.165) is 30.4 Å². The second kappa shape index (κ2) is 5.86. The van der Waals surface area contributed by atoms with Crippen molar-refractivity contribution in [2.75, 3.05) is 23.9 Å². The molecule has 0 aliphatic carbocycles. The zero-order valence-electron chi connectivity index (χ0n) is 13.0. The summed E-state index contributed by atoms with van der Waals surface area (Å²) in [5.74, 6) is 2.70. The molecule has 1 aliphatic rings. The Balaban J connectivity index is 2.30. The summed E-state index contributed by atoms with van der Waals surface area (Å²) >= 11 is 5.99. The van der Waals surface area contributed by atoms with Gasteiger partial charge in [0.25, 0.3) is 0 Å². The van der Waals surface area contributed by atoms with Crippen LogP contribution in [0, 0.1) is 6.92 Å². The smallest absolute Gasteiger partial charge is 0.133 e. The molecule has 0 saturated carbocycles. The molecule has 1 fully saturated rings. The number of hydrogen-bond donors (Lipinski definition) is 0. The minimum absolute atomic E-state index is 0.0400. The molecule has 1 aliphatic heterocycles. The summed E-state index contributed by atoms with van der Waals surface area (Å²) in [6.07, 6.45) is 0.0400. The third-order valence-corrected chi connectivity index (χ3v) is 3.70. The minimum Gasteiger partial charge on any atom is -0.367 e. The quantitative estimate of drug-likeness (QED) is 0.804. The lowest BCUT2D eigenvalue weighted by Gasteiger charge is -2.43. The number of hydrogen-bond acceptors (Lipinski definition) is 4. The molecule has 0 bridgehead atoms. The van der Waals surface area contributed by atoms with Crippen molar-refractivity contribution in [3.05, 3.63) is 17.6 Å². The molecule has 4 nitrogen and oxygen atoms in total. The normalized spacial score (nSPS) is 22.4. The zero-order chi connectivity index (χ0) is 14.9. The highest BCUT2D eigenvalue weighted by Gasteiger charge is 2.33. The van der Waals surface area contributed by atoms with Gasteiger partial charge in [-0.3, -0.25) is 0 Å². The highest BCUT2D eigenvalue weighted by atomic mass is 35.5. The largest absolute Gasteiger partial charge is 0.367 e. The van der Waals surface area contributed by atoms with Gasteiger partial charge in [-0.05, 0) is 20.8 Å². The van der Waals surface area contributed by atoms with Gasteiger partial charge in [-0.15, -0.1) is 11.6 Å². The predicted octanol–water partition coefficient (Wildman–Crippen LogP) is 3.13. The molecule has 1 unspecified atom stereocenters. The van der Waals surface area contributed by atoms with Gasteiger partial charge in [0.1, 0.15) is 11.6 Å². The monoisotopic (exact) mass is 297 g/mol. The van der Waals surface area contributed by atoms with E-state index in [9.17, 15) is 0 Å². The van der Waals surface area contributed by atoms with Gasteiger partial charge in [0.15, 0.2) is 0 Å². The summed E-state index contributed by atoms with van der Waals surface area (Å²) in [5.41, 5.74) is 0.791. The van der Waals surface area contributed by atoms with Gasteiger partial charge >= 0.3 is 0 Å². The van der Waals surface area contributed by atoms with Crippen LogP contribution in [0.3, 0.4) is 0 Å². The molecule has 0 radical (unpaired) electrons. The Morgan fingerprint density at radius 2 is 2.15 bits per heavy atom. The molecule has 1 aromatic rings. The lowest BCUT2D eigenvalue weighted by molar-refractivity contribution is -0.0736. The van der Waals surface area contributed by atoms with Crippen LogP contribution in [0.15, 0.2) is 6.07 Å². The van der Waals surface area contributed by atoms with E-state index >= 15 is 0 Å². The van der Waals surface area contributed by atoms with Crippen LogP contribution in [-0.2, 0) is 4.74 Å². The van der Waals surface area contributed by atoms with E-state index < -0.39 is 0 Å². The Labute approximate surface area is 126 Å². The van der Waals surface area contributed by atoms with Crippen molar-refractivity contribution in [1.82, 2.24) is 9.97 Å². The Kier molecular flexibility index (Phi) is 4.55. The van der Waals surface area contributed by atoms with Crippen molar-refractivity contribution in [2.24, 2.45) is 0 Å². The third-order valence-electron chi connectivity index (χ3n) is 3.35. The standard InChI is InChI=1S/C15H24ClN3O/c1-10(2)14-17-11(3)6-13(18-14)19-8-12(7-16)20-15(4,5)9-19/h6,10,12H,7-9H2,1-5H3. The van der Waals surface area contributed by atoms with E-state index in [-0.39, 0.29) is 11.7 Å². The molecule has 112 valence electrons. The molecule has 20 heavy (non-hydrogen) atoms. The van der Waals surface area contributed by atoms with E-state index in [2.05, 4.69) is 37.6 Å². The van der Waals surface area contributed by atoms with Gasteiger partial charge < -0.3 is 9.64 Å². The lowest BCUT2D eigenvalue weighted by atomic mass is 10.1. The molecule has 0 N–H and O–H groups in total. The van der Waals surface area contributed by atoms with Gasteiger partial charge in [0.05, 0.1) is 17.6 Å². The van der Waals surface area contributed by atoms with Crippen LogP contribution in [0.5, 0.6) is 0 Å². The fourth-order valence-electron chi connectivity index (χ4n) is 2.55. The number of anilines is 1. The number of nitrogens with zero attached hydrogens (tertiary/aromatic N) is 3. The van der Waals surface area contributed by atoms with E-state index in [1.54, 1.807) is 0 Å². The molecule has 2 heterocycles. The molecule has 0 spiro atoms. The van der Waals surface area contributed by atoms with Crippen LogP contribution in [0.1, 0.15) is 45.1 Å². The maximum absolute atomic E-state index is 5.99. The first kappa shape index (κ1) is 15.5. The Morgan fingerprint density at radius 3 is 2.75 bits per heavy atom. The van der Waals surface area contributed by atoms with Gasteiger partial charge in [-0.2, -0.15) is 0 Å². The third kappa shape index (κ3) is 3.61. The van der Waals surface area contributed by atoms with Crippen molar-refractivity contribution in [3.63, 3.8) is 0 Å². The first-order valence-corrected chi connectivity index (χ1v) is 7.68. The Hall–Kier alpha value is -0.870. The molecular formula is C15H24ClN3O. The molecule has 0 amide bonds. The van der Waals surface area contributed by atoms with Gasteiger partial charge in [-0.25, -0.2) is 9.97 Å². The number of aromatic nitrogens is 2. The summed E-state index contributed by atoms with van der Waals surface area (Å²) in [4.78, 5) is 11.5. The van der Waals surface area contributed by atoms with Crippen molar-refractivity contribution >= 4 is 17.4 Å². The van der Waals surface area contributed by atoms with Gasteiger partial charge in [-0.1, -0.05) is 13.8 Å². The van der Waals surface area contributed by atoms with Crippen LogP contribution in [0.25, 0.3) is 0 Å². The number of aryl methyl sites for hydroxylation is 1. The molecule has 2 rings (SSSR count). The minimum atomic E-state index is -0.214. The van der Waals surface area contributed by atoms with Gasteiger partial charge in [0, 0.05) is 30.8 Å². The second-order valence-electron chi connectivity index (χ2n) is 6.41. The Bertz CT molecular complexity index is 476. The second-order valence-corrected chi connectivity index (χ2v) is 6.72. The highest BCUT2D eigenvalue weighted by molar-refractivity contribution is 6.18. The number of halogens is 1. The van der Waals surface area contributed by atoms with E-state index in [1.807, 2.05) is 13.0 Å². The van der Waals surface area contributed by atoms with Crippen LogP contribution in [0.2, 0.25) is 0 Å². The average molecular weight is 298 g/mol. The van der Waals surface area contributed by atoms with Crippen molar-refractivity contribution < 1.29 is 4.74 Å². The summed E-state index contributed by atoms with van der Waals surface area (Å²) in [6.45, 7) is 12.0. The van der Waals surface area contributed by atoms with Crippen molar-refractivity contribution in [3.8, 4) is 0 Å². The fraction of sp³-hybridized carbons (Fsp3) is 0.733. The lowest BCUT2D eigenvalue weighted by Crippen LogP contribution is -2.53. The highest BCUT2D eigenvalue weighted by Crippen LogP contribution is 2.26. The molecule has 1 atom stereocenters. The molecule has 1 aromatic heterocycles. The predicted molar refractivity (Wildman–Crippen MR) is 82.7 cm³/mol. The van der Waals surface area contributed by atoms with E-state index in [0.29, 0.717) is 11.8 Å². The first-order chi connectivity index (χ1) is 9.30. The molecular weight excluding hydrogens is 274 g/mol. The topological polar surface area (TPSA) is 38.2 Å². The summed E-state index contributed by atoms with van der Waals surface area (Å²) in [6, 6.07) is 2.04. The summed E-state index contributed by atoms with van der Waals surface area (Å²) < 4.78 is 5.97. The maximum Gasteiger partial charge on any atom is 0.133 e. The van der Waals surface area contributed by atoms with Crippen molar-refractivity contribution in [2.45, 2.75) is 52.2 Å². The molecule has 1 saturated heterocycles. The Morgan fingerprint density at radius 1 is 1.45 bits per heavy atom. The summed E-state index contributed by atoms with van der Waals surface area (Å²) in [7, 11) is 0.